The molecule has 0 aromatic heterocycles. The minimum absolute atomic E-state index is 0.0161. The molecule has 0 N–H and O–H groups in total. The van der Waals surface area contributed by atoms with Crippen molar-refractivity contribution in [1.82, 2.24) is 0 Å². The predicted octanol–water partition coefficient (Wildman–Crippen LogP) is 3.41. The van der Waals surface area contributed by atoms with Gasteiger partial charge in [0.1, 0.15) is 12.8 Å². The molecule has 1 aromatic carbocycles. The van der Waals surface area contributed by atoms with Gasteiger partial charge >= 0.3 is 0 Å². The second kappa shape index (κ2) is 6.11. The summed E-state index contributed by atoms with van der Waals surface area (Å²) in [4.78, 5) is 4.89. The number of rotatable bonds is 5. The molecule has 0 atom stereocenters. The van der Waals surface area contributed by atoms with E-state index in [0.717, 1.165) is 5.56 Å². The lowest BCUT2D eigenvalue weighted by Crippen LogP contribution is -1.89. The van der Waals surface area contributed by atoms with Gasteiger partial charge in [-0.1, -0.05) is 36.3 Å². The van der Waals surface area contributed by atoms with Crippen LogP contribution in [-0.4, -0.2) is 6.21 Å². The second-order valence-electron chi connectivity index (χ2n) is 2.92. The molecular weight excluding hydrogens is 200 g/mol. The third kappa shape index (κ3) is 4.06. The third-order valence-corrected chi connectivity index (χ3v) is 1.75. The Balaban J connectivity index is 2.46. The van der Waals surface area contributed by atoms with Gasteiger partial charge in [0.15, 0.2) is 0 Å². The van der Waals surface area contributed by atoms with E-state index in [1.807, 2.05) is 6.92 Å². The van der Waals surface area contributed by atoms with Crippen molar-refractivity contribution in [1.29, 1.82) is 0 Å². The van der Waals surface area contributed by atoms with Gasteiger partial charge in [-0.2, -0.15) is 0 Å². The Labute approximate surface area is 87.6 Å². The van der Waals surface area contributed by atoms with Crippen LogP contribution in [0.2, 0.25) is 0 Å². The first kappa shape index (κ1) is 11.6. The molecule has 0 spiro atoms. The van der Waals surface area contributed by atoms with Crippen molar-refractivity contribution in [2.24, 2.45) is 5.16 Å². The highest BCUT2D eigenvalue weighted by atomic mass is 19.3. The molecule has 81 valence electrons. The van der Waals surface area contributed by atoms with Crippen LogP contribution in [0.15, 0.2) is 29.4 Å². The molecule has 15 heavy (non-hydrogen) atoms. The van der Waals surface area contributed by atoms with Crippen LogP contribution in [0.4, 0.5) is 8.78 Å². The fourth-order valence-corrected chi connectivity index (χ4v) is 0.976. The fourth-order valence-electron chi connectivity index (χ4n) is 0.976. The third-order valence-electron chi connectivity index (χ3n) is 1.75. The van der Waals surface area contributed by atoms with E-state index >= 15 is 0 Å². The first-order valence-corrected chi connectivity index (χ1v) is 4.66. The van der Waals surface area contributed by atoms with Crippen LogP contribution in [0.1, 0.15) is 30.9 Å². The van der Waals surface area contributed by atoms with Crippen LogP contribution in [0.5, 0.6) is 0 Å². The quantitative estimate of drug-likeness (QED) is 0.541. The number of hydrogen-bond acceptors (Lipinski definition) is 2. The molecule has 1 rings (SSSR count). The van der Waals surface area contributed by atoms with Gasteiger partial charge in [0, 0.05) is 5.56 Å². The maximum absolute atomic E-state index is 12.2. The molecule has 0 saturated carbocycles. The van der Waals surface area contributed by atoms with Crippen LogP contribution in [0.3, 0.4) is 0 Å². The average Bonchev–Trinajstić information content (AvgIpc) is 2.25. The van der Waals surface area contributed by atoms with Crippen molar-refractivity contribution in [2.45, 2.75) is 26.4 Å². The zero-order valence-electron chi connectivity index (χ0n) is 8.41. The molecular formula is C11H12F2NO. The SMILES string of the molecule is CC/[C]=N\OCc1ccc(C(F)F)cc1. The van der Waals surface area contributed by atoms with E-state index in [-0.39, 0.29) is 12.2 Å². The molecule has 0 aliphatic rings. The van der Waals surface area contributed by atoms with Gasteiger partial charge in [0.25, 0.3) is 6.43 Å². The van der Waals surface area contributed by atoms with Crippen molar-refractivity contribution in [3.8, 4) is 0 Å². The number of benzene rings is 1. The van der Waals surface area contributed by atoms with Gasteiger partial charge in [0.2, 0.25) is 0 Å². The molecule has 0 saturated heterocycles. The average molecular weight is 212 g/mol. The van der Waals surface area contributed by atoms with Gasteiger partial charge in [-0.25, -0.2) is 8.78 Å². The fraction of sp³-hybridized carbons (Fsp3) is 0.364. The highest BCUT2D eigenvalue weighted by molar-refractivity contribution is 5.55. The molecule has 0 amide bonds. The molecule has 4 heteroatoms. The summed E-state index contributed by atoms with van der Waals surface area (Å²) in [5.41, 5.74) is 0.823. The maximum Gasteiger partial charge on any atom is 0.263 e. The van der Waals surface area contributed by atoms with E-state index in [1.165, 1.54) is 12.1 Å². The summed E-state index contributed by atoms with van der Waals surface area (Å²) in [6.07, 6.45) is 0.891. The highest BCUT2D eigenvalue weighted by Gasteiger charge is 2.05. The van der Waals surface area contributed by atoms with Crippen molar-refractivity contribution < 1.29 is 13.6 Å². The van der Waals surface area contributed by atoms with Gasteiger partial charge < -0.3 is 4.84 Å². The van der Waals surface area contributed by atoms with E-state index in [9.17, 15) is 8.78 Å². The van der Waals surface area contributed by atoms with Crippen LogP contribution in [-0.2, 0) is 11.4 Å². The van der Waals surface area contributed by atoms with E-state index in [2.05, 4.69) is 11.4 Å². The van der Waals surface area contributed by atoms with E-state index in [0.29, 0.717) is 6.42 Å². The number of hydrogen-bond donors (Lipinski definition) is 0. The van der Waals surface area contributed by atoms with E-state index in [1.54, 1.807) is 12.1 Å². The lowest BCUT2D eigenvalue weighted by molar-refractivity contribution is 0.131. The van der Waals surface area contributed by atoms with Crippen molar-refractivity contribution in [3.63, 3.8) is 0 Å². The van der Waals surface area contributed by atoms with Gasteiger partial charge in [-0.15, -0.1) is 0 Å². The zero-order valence-corrected chi connectivity index (χ0v) is 8.41. The van der Waals surface area contributed by atoms with Gasteiger partial charge in [0.05, 0.1) is 0 Å². The molecule has 1 radical (unpaired) electrons. The lowest BCUT2D eigenvalue weighted by atomic mass is 10.1. The summed E-state index contributed by atoms with van der Waals surface area (Å²) in [7, 11) is 0. The van der Waals surface area contributed by atoms with Crippen LogP contribution in [0, 0.1) is 0 Å². The summed E-state index contributed by atoms with van der Waals surface area (Å²) in [6.45, 7) is 2.17. The second-order valence-corrected chi connectivity index (χ2v) is 2.92. The lowest BCUT2D eigenvalue weighted by Gasteiger charge is -2.02. The summed E-state index contributed by atoms with van der Waals surface area (Å²) in [6, 6.07) is 5.97. The van der Waals surface area contributed by atoms with E-state index in [4.69, 9.17) is 4.84 Å². The molecule has 0 unspecified atom stereocenters. The molecule has 1 aromatic rings. The van der Waals surface area contributed by atoms with Gasteiger partial charge in [-0.3, -0.25) is 0 Å². The van der Waals surface area contributed by atoms with Crippen molar-refractivity contribution in [3.05, 3.63) is 35.4 Å². The molecule has 0 heterocycles. The zero-order chi connectivity index (χ0) is 11.1. The Kier molecular flexibility index (Phi) is 4.74. The number of nitrogens with zero attached hydrogens (tertiary/aromatic N) is 1. The Morgan fingerprint density at radius 1 is 1.33 bits per heavy atom. The molecule has 0 bridgehead atoms. The minimum Gasteiger partial charge on any atom is -0.391 e. The predicted molar refractivity (Wildman–Crippen MR) is 53.9 cm³/mol. The Hall–Kier alpha value is -1.45. The topological polar surface area (TPSA) is 21.6 Å². The maximum atomic E-state index is 12.2. The summed E-state index contributed by atoms with van der Waals surface area (Å²) in [5.74, 6) is 0. The smallest absolute Gasteiger partial charge is 0.263 e. The molecule has 0 aliphatic carbocycles. The molecule has 2 nitrogen and oxygen atoms in total. The van der Waals surface area contributed by atoms with Crippen LogP contribution < -0.4 is 0 Å². The van der Waals surface area contributed by atoms with Crippen LogP contribution in [0.25, 0.3) is 0 Å². The van der Waals surface area contributed by atoms with Crippen LogP contribution >= 0.6 is 0 Å². The van der Waals surface area contributed by atoms with Crippen molar-refractivity contribution in [2.75, 3.05) is 0 Å². The Morgan fingerprint density at radius 2 is 2.00 bits per heavy atom. The van der Waals surface area contributed by atoms with Crippen molar-refractivity contribution >= 4 is 6.21 Å². The highest BCUT2D eigenvalue weighted by Crippen LogP contribution is 2.18. The first-order valence-electron chi connectivity index (χ1n) is 4.66. The summed E-state index contributed by atoms with van der Waals surface area (Å²) < 4.78 is 24.4. The Morgan fingerprint density at radius 3 is 2.53 bits per heavy atom. The Bertz CT molecular complexity index is 309. The molecule has 0 fully saturated rings. The largest absolute Gasteiger partial charge is 0.391 e. The number of halogens is 2. The first-order chi connectivity index (χ1) is 7.24. The monoisotopic (exact) mass is 212 g/mol. The normalized spacial score (nSPS) is 11.2. The summed E-state index contributed by atoms with van der Waals surface area (Å²) in [5, 5.41) is 3.54. The summed E-state index contributed by atoms with van der Waals surface area (Å²) >= 11 is 0. The molecule has 0 aliphatic heterocycles. The standard InChI is InChI=1S/C11H12F2NO/c1-2-7-14-15-8-9-3-5-10(6-4-9)11(12)13/h3-6,11H,2,8H2,1H3. The van der Waals surface area contributed by atoms with Gasteiger partial charge in [-0.05, 0) is 12.0 Å². The van der Waals surface area contributed by atoms with E-state index < -0.39 is 6.43 Å². The minimum atomic E-state index is -2.42. The number of alkyl halides is 2.